The van der Waals surface area contributed by atoms with Gasteiger partial charge in [-0.05, 0) is 57.0 Å². The molecular formula is C21H32N6. The molecule has 1 saturated heterocycles. The van der Waals surface area contributed by atoms with E-state index in [0.29, 0.717) is 0 Å². The maximum atomic E-state index is 4.72. The lowest BCUT2D eigenvalue weighted by Gasteiger charge is -2.25. The number of rotatable bonds is 8. The Balaban J connectivity index is 1.43. The number of aliphatic imine (C=N–C) groups is 1. The predicted molar refractivity (Wildman–Crippen MR) is 112 cm³/mol. The molecule has 1 fully saturated rings. The van der Waals surface area contributed by atoms with Crippen molar-refractivity contribution in [2.45, 2.75) is 32.6 Å². The van der Waals surface area contributed by atoms with Crippen molar-refractivity contribution in [2.75, 3.05) is 39.3 Å². The second-order valence-corrected chi connectivity index (χ2v) is 6.97. The van der Waals surface area contributed by atoms with Crippen LogP contribution in [0.25, 0.3) is 5.69 Å². The highest BCUT2D eigenvalue weighted by atomic mass is 15.3. The van der Waals surface area contributed by atoms with E-state index >= 15 is 0 Å². The Morgan fingerprint density at radius 2 is 1.93 bits per heavy atom. The van der Waals surface area contributed by atoms with Gasteiger partial charge in [0.2, 0.25) is 0 Å². The molecule has 2 N–H and O–H groups in total. The number of nitrogens with one attached hydrogen (secondary N) is 2. The topological polar surface area (TPSA) is 57.5 Å². The van der Waals surface area contributed by atoms with Gasteiger partial charge in [-0.15, -0.1) is 0 Å². The summed E-state index contributed by atoms with van der Waals surface area (Å²) < 4.78 is 1.92. The number of aromatic nitrogens is 2. The van der Waals surface area contributed by atoms with Crippen molar-refractivity contribution in [3.63, 3.8) is 0 Å². The Bertz CT molecular complexity index is 688. The molecule has 1 aliphatic rings. The number of likely N-dealkylation sites (tertiary alicyclic amines) is 1. The molecule has 0 spiro atoms. The fourth-order valence-corrected chi connectivity index (χ4v) is 3.36. The first-order chi connectivity index (χ1) is 13.3. The normalized spacial score (nSPS) is 15.7. The molecular weight excluding hydrogens is 336 g/mol. The molecule has 0 atom stereocenters. The molecule has 6 heteroatoms. The SMILES string of the molecule is CCNC(=NCCN1CCCCC1)NCCc1cnn(-c2ccccc2)c1. The molecule has 0 aliphatic carbocycles. The molecule has 146 valence electrons. The van der Waals surface area contributed by atoms with Gasteiger partial charge in [0.25, 0.3) is 0 Å². The first-order valence-electron chi connectivity index (χ1n) is 10.2. The van der Waals surface area contributed by atoms with Crippen LogP contribution in [-0.4, -0.2) is 59.9 Å². The van der Waals surface area contributed by atoms with Gasteiger partial charge >= 0.3 is 0 Å². The first kappa shape index (κ1) is 19.4. The summed E-state index contributed by atoms with van der Waals surface area (Å²) in [4.78, 5) is 7.25. The molecule has 0 radical (unpaired) electrons. The summed E-state index contributed by atoms with van der Waals surface area (Å²) in [5, 5.41) is 11.2. The molecule has 0 unspecified atom stereocenters. The van der Waals surface area contributed by atoms with Crippen LogP contribution in [0.3, 0.4) is 0 Å². The van der Waals surface area contributed by atoms with E-state index in [2.05, 4.69) is 45.9 Å². The van der Waals surface area contributed by atoms with Gasteiger partial charge < -0.3 is 15.5 Å². The van der Waals surface area contributed by atoms with Crippen LogP contribution in [0.4, 0.5) is 0 Å². The minimum atomic E-state index is 0.843. The van der Waals surface area contributed by atoms with Crippen molar-refractivity contribution in [1.82, 2.24) is 25.3 Å². The zero-order valence-electron chi connectivity index (χ0n) is 16.4. The van der Waals surface area contributed by atoms with E-state index < -0.39 is 0 Å². The van der Waals surface area contributed by atoms with E-state index in [1.807, 2.05) is 29.1 Å². The van der Waals surface area contributed by atoms with E-state index in [1.165, 1.54) is 37.9 Å². The van der Waals surface area contributed by atoms with Gasteiger partial charge in [-0.1, -0.05) is 24.6 Å². The van der Waals surface area contributed by atoms with Crippen molar-refractivity contribution < 1.29 is 0 Å². The number of benzene rings is 1. The van der Waals surface area contributed by atoms with Crippen LogP contribution >= 0.6 is 0 Å². The maximum absolute atomic E-state index is 4.72. The van der Waals surface area contributed by atoms with Crippen LogP contribution in [0.5, 0.6) is 0 Å². The van der Waals surface area contributed by atoms with Gasteiger partial charge in [-0.3, -0.25) is 4.99 Å². The Morgan fingerprint density at radius 1 is 1.11 bits per heavy atom. The Labute approximate surface area is 162 Å². The van der Waals surface area contributed by atoms with E-state index in [0.717, 1.165) is 44.2 Å². The molecule has 1 aliphatic heterocycles. The monoisotopic (exact) mass is 368 g/mol. The summed E-state index contributed by atoms with van der Waals surface area (Å²) in [5.41, 5.74) is 2.31. The van der Waals surface area contributed by atoms with Crippen LogP contribution in [0.1, 0.15) is 31.7 Å². The third-order valence-electron chi connectivity index (χ3n) is 4.84. The van der Waals surface area contributed by atoms with Crippen molar-refractivity contribution in [3.05, 3.63) is 48.3 Å². The molecule has 0 saturated carbocycles. The van der Waals surface area contributed by atoms with Gasteiger partial charge in [-0.25, -0.2) is 4.68 Å². The third kappa shape index (κ3) is 6.40. The lowest BCUT2D eigenvalue weighted by molar-refractivity contribution is 0.235. The summed E-state index contributed by atoms with van der Waals surface area (Å²) in [5.74, 6) is 0.907. The van der Waals surface area contributed by atoms with Crippen LogP contribution in [0.2, 0.25) is 0 Å². The second kappa shape index (κ2) is 10.7. The van der Waals surface area contributed by atoms with Gasteiger partial charge in [0.05, 0.1) is 18.4 Å². The molecule has 1 aromatic heterocycles. The molecule has 2 aromatic rings. The number of hydrogen-bond donors (Lipinski definition) is 2. The summed E-state index contributed by atoms with van der Waals surface area (Å²) >= 11 is 0. The summed E-state index contributed by atoms with van der Waals surface area (Å²) in [7, 11) is 0. The summed E-state index contributed by atoms with van der Waals surface area (Å²) in [6.45, 7) is 8.18. The zero-order chi connectivity index (χ0) is 18.7. The highest BCUT2D eigenvalue weighted by molar-refractivity contribution is 5.79. The highest BCUT2D eigenvalue weighted by Gasteiger charge is 2.09. The van der Waals surface area contributed by atoms with Crippen molar-refractivity contribution in [3.8, 4) is 5.69 Å². The van der Waals surface area contributed by atoms with Gasteiger partial charge in [0.15, 0.2) is 5.96 Å². The third-order valence-corrected chi connectivity index (χ3v) is 4.84. The fraction of sp³-hybridized carbons (Fsp3) is 0.524. The van der Waals surface area contributed by atoms with E-state index in [1.54, 1.807) is 0 Å². The maximum Gasteiger partial charge on any atom is 0.191 e. The van der Waals surface area contributed by atoms with Gasteiger partial charge in [0, 0.05) is 25.8 Å². The highest BCUT2D eigenvalue weighted by Crippen LogP contribution is 2.08. The average Bonchev–Trinajstić information content (AvgIpc) is 3.18. The second-order valence-electron chi connectivity index (χ2n) is 6.97. The first-order valence-corrected chi connectivity index (χ1v) is 10.2. The lowest BCUT2D eigenvalue weighted by Crippen LogP contribution is -2.39. The Kier molecular flexibility index (Phi) is 7.71. The molecule has 0 bridgehead atoms. The van der Waals surface area contributed by atoms with Gasteiger partial charge in [0.1, 0.15) is 0 Å². The number of hydrogen-bond acceptors (Lipinski definition) is 3. The van der Waals surface area contributed by atoms with Crippen molar-refractivity contribution in [2.24, 2.45) is 4.99 Å². The molecule has 3 rings (SSSR count). The molecule has 0 amide bonds. The summed E-state index contributed by atoms with van der Waals surface area (Å²) in [6.07, 6.45) is 9.00. The number of piperidine rings is 1. The van der Waals surface area contributed by atoms with Gasteiger partial charge in [-0.2, -0.15) is 5.10 Å². The molecule has 1 aromatic carbocycles. The van der Waals surface area contributed by atoms with Crippen LogP contribution in [0, 0.1) is 0 Å². The summed E-state index contributed by atoms with van der Waals surface area (Å²) in [6, 6.07) is 10.2. The van der Waals surface area contributed by atoms with Crippen LogP contribution in [-0.2, 0) is 6.42 Å². The standard InChI is InChI=1S/C21H32N6/c1-2-22-21(24-13-16-26-14-7-4-8-15-26)23-12-11-19-17-25-27(18-19)20-9-5-3-6-10-20/h3,5-6,9-10,17-18H,2,4,7-8,11-16H2,1H3,(H2,22,23,24). The van der Waals surface area contributed by atoms with E-state index in [-0.39, 0.29) is 0 Å². The molecule has 27 heavy (non-hydrogen) atoms. The van der Waals surface area contributed by atoms with Crippen molar-refractivity contribution in [1.29, 1.82) is 0 Å². The average molecular weight is 369 g/mol. The Morgan fingerprint density at radius 3 is 2.70 bits per heavy atom. The number of nitrogens with zero attached hydrogens (tertiary/aromatic N) is 4. The van der Waals surface area contributed by atoms with Crippen LogP contribution < -0.4 is 10.6 Å². The smallest absolute Gasteiger partial charge is 0.191 e. The Hall–Kier alpha value is -2.34. The molecule has 2 heterocycles. The predicted octanol–water partition coefficient (Wildman–Crippen LogP) is 2.46. The van der Waals surface area contributed by atoms with Crippen LogP contribution in [0.15, 0.2) is 47.7 Å². The lowest BCUT2D eigenvalue weighted by atomic mass is 10.1. The minimum absolute atomic E-state index is 0.843. The van der Waals surface area contributed by atoms with Crippen molar-refractivity contribution >= 4 is 5.96 Å². The fourth-order valence-electron chi connectivity index (χ4n) is 3.36. The quantitative estimate of drug-likeness (QED) is 0.555. The van der Waals surface area contributed by atoms with E-state index in [9.17, 15) is 0 Å². The zero-order valence-corrected chi connectivity index (χ0v) is 16.4. The molecule has 6 nitrogen and oxygen atoms in total. The largest absolute Gasteiger partial charge is 0.357 e. The van der Waals surface area contributed by atoms with E-state index in [4.69, 9.17) is 4.99 Å². The number of para-hydroxylation sites is 1. The number of guanidine groups is 1. The minimum Gasteiger partial charge on any atom is -0.357 e.